The molecule has 74 valence electrons. The number of nitrogens with one attached hydrogen (secondary N) is 1. The van der Waals surface area contributed by atoms with Crippen molar-refractivity contribution in [3.05, 3.63) is 39.7 Å². The van der Waals surface area contributed by atoms with Crippen molar-refractivity contribution in [1.29, 1.82) is 0 Å². The highest BCUT2D eigenvalue weighted by Crippen LogP contribution is 2.29. The Labute approximate surface area is 79.9 Å². The monoisotopic (exact) mass is 196 g/mol. The summed E-state index contributed by atoms with van der Waals surface area (Å²) in [6.45, 7) is 0.840. The average Bonchev–Trinajstić information content (AvgIpc) is 2.04. The van der Waals surface area contributed by atoms with Gasteiger partial charge in [0.2, 0.25) is 5.82 Å². The van der Waals surface area contributed by atoms with Crippen LogP contribution in [-0.2, 0) is 0 Å². The van der Waals surface area contributed by atoms with E-state index in [0.29, 0.717) is 5.56 Å². The van der Waals surface area contributed by atoms with Crippen molar-refractivity contribution < 1.29 is 9.31 Å². The molecule has 0 radical (unpaired) electrons. The van der Waals surface area contributed by atoms with E-state index in [9.17, 15) is 14.5 Å². The van der Waals surface area contributed by atoms with E-state index in [1.807, 2.05) is 0 Å². The summed E-state index contributed by atoms with van der Waals surface area (Å²) >= 11 is 0. The molecule has 5 heteroatoms. The van der Waals surface area contributed by atoms with Crippen molar-refractivity contribution in [3.8, 4) is 0 Å². The van der Waals surface area contributed by atoms with Gasteiger partial charge in [0.15, 0.2) is 0 Å². The fraction of sp³-hybridized carbons (Fsp3) is 0.333. The highest BCUT2D eigenvalue weighted by atomic mass is 19.1. The lowest BCUT2D eigenvalue weighted by molar-refractivity contribution is -0.387. The van der Waals surface area contributed by atoms with Crippen LogP contribution in [0.3, 0.4) is 0 Å². The summed E-state index contributed by atoms with van der Waals surface area (Å²) in [5.41, 5.74) is -0.0540. The molecular weight excluding hydrogens is 187 g/mol. The third-order valence-electron chi connectivity index (χ3n) is 2.40. The van der Waals surface area contributed by atoms with Crippen LogP contribution in [0.2, 0.25) is 0 Å². The van der Waals surface area contributed by atoms with E-state index in [-0.39, 0.29) is 6.04 Å². The first kappa shape index (κ1) is 9.08. The van der Waals surface area contributed by atoms with Crippen molar-refractivity contribution >= 4 is 5.69 Å². The molecule has 1 aromatic rings. The number of nitro benzene ring substituents is 1. The molecule has 1 aliphatic rings. The third-order valence-corrected chi connectivity index (χ3v) is 2.40. The van der Waals surface area contributed by atoms with Crippen molar-refractivity contribution in [2.24, 2.45) is 0 Å². The first-order valence-electron chi connectivity index (χ1n) is 4.36. The molecule has 0 bridgehead atoms. The summed E-state index contributed by atoms with van der Waals surface area (Å²) < 4.78 is 13.5. The van der Waals surface area contributed by atoms with Gasteiger partial charge in [-0.05, 0) is 13.0 Å². The van der Waals surface area contributed by atoms with E-state index < -0.39 is 16.4 Å². The van der Waals surface area contributed by atoms with Gasteiger partial charge in [0.05, 0.1) is 4.92 Å². The molecule has 4 nitrogen and oxygen atoms in total. The maximum absolute atomic E-state index is 13.5. The topological polar surface area (TPSA) is 55.2 Å². The van der Waals surface area contributed by atoms with Gasteiger partial charge in [-0.25, -0.2) is 0 Å². The van der Waals surface area contributed by atoms with Crippen molar-refractivity contribution in [2.45, 2.75) is 12.5 Å². The molecule has 1 heterocycles. The first-order chi connectivity index (χ1) is 6.70. The van der Waals surface area contributed by atoms with Gasteiger partial charge in [0.25, 0.3) is 0 Å². The van der Waals surface area contributed by atoms with Gasteiger partial charge in [-0.15, -0.1) is 0 Å². The molecule has 1 aromatic carbocycles. The van der Waals surface area contributed by atoms with Gasteiger partial charge in [-0.2, -0.15) is 4.39 Å². The van der Waals surface area contributed by atoms with Gasteiger partial charge in [-0.1, -0.05) is 12.1 Å². The van der Waals surface area contributed by atoms with E-state index in [1.54, 1.807) is 6.07 Å². The molecule has 14 heavy (non-hydrogen) atoms. The SMILES string of the molecule is O=[N+]([O-])c1cccc([C@@H]2CCN2)c1F. The molecule has 0 saturated carbocycles. The van der Waals surface area contributed by atoms with Gasteiger partial charge in [0.1, 0.15) is 0 Å². The lowest BCUT2D eigenvalue weighted by Crippen LogP contribution is -2.35. The van der Waals surface area contributed by atoms with Gasteiger partial charge in [-0.3, -0.25) is 10.1 Å². The summed E-state index contributed by atoms with van der Waals surface area (Å²) in [6, 6.07) is 4.21. The minimum atomic E-state index is -0.713. The molecule has 1 saturated heterocycles. The molecule has 1 N–H and O–H groups in total. The van der Waals surface area contributed by atoms with Crippen LogP contribution in [0, 0.1) is 15.9 Å². The van der Waals surface area contributed by atoms with Crippen LogP contribution < -0.4 is 5.32 Å². The van der Waals surface area contributed by atoms with Gasteiger partial charge in [0, 0.05) is 17.7 Å². The molecule has 0 amide bonds. The zero-order valence-corrected chi connectivity index (χ0v) is 7.37. The Bertz CT molecular complexity index is 377. The molecule has 1 atom stereocenters. The standard InChI is InChI=1S/C9H9FN2O2/c10-9-6(7-4-5-11-7)2-1-3-8(9)12(13)14/h1-3,7,11H,4-5H2/t7-/m0/s1. The number of nitro groups is 1. The van der Waals surface area contributed by atoms with Crippen LogP contribution in [0.4, 0.5) is 10.1 Å². The molecule has 2 rings (SSSR count). The van der Waals surface area contributed by atoms with Crippen LogP contribution in [-0.4, -0.2) is 11.5 Å². The predicted octanol–water partition coefficient (Wildman–Crippen LogP) is 1.77. The molecular formula is C9H9FN2O2. The summed E-state index contributed by atoms with van der Waals surface area (Å²) in [5, 5.41) is 13.5. The first-order valence-corrected chi connectivity index (χ1v) is 4.36. The number of hydrogen-bond acceptors (Lipinski definition) is 3. The number of nitrogens with zero attached hydrogens (tertiary/aromatic N) is 1. The maximum atomic E-state index is 13.5. The molecule has 1 aliphatic heterocycles. The van der Waals surface area contributed by atoms with E-state index in [1.165, 1.54) is 12.1 Å². The zero-order valence-electron chi connectivity index (χ0n) is 7.37. The zero-order chi connectivity index (χ0) is 10.1. The Kier molecular flexibility index (Phi) is 2.17. The minimum absolute atomic E-state index is 0.0603. The fourth-order valence-corrected chi connectivity index (χ4v) is 1.50. The van der Waals surface area contributed by atoms with Crippen LogP contribution in [0.15, 0.2) is 18.2 Å². The predicted molar refractivity (Wildman–Crippen MR) is 48.4 cm³/mol. The highest BCUT2D eigenvalue weighted by molar-refractivity contribution is 5.38. The Morgan fingerprint density at radius 1 is 1.57 bits per heavy atom. The smallest absolute Gasteiger partial charge is 0.305 e. The number of rotatable bonds is 2. The highest BCUT2D eigenvalue weighted by Gasteiger charge is 2.26. The van der Waals surface area contributed by atoms with E-state index in [4.69, 9.17) is 0 Å². The van der Waals surface area contributed by atoms with E-state index >= 15 is 0 Å². The second-order valence-corrected chi connectivity index (χ2v) is 3.23. The van der Waals surface area contributed by atoms with Crippen molar-refractivity contribution in [2.75, 3.05) is 6.54 Å². The Balaban J connectivity index is 2.40. The van der Waals surface area contributed by atoms with Crippen LogP contribution >= 0.6 is 0 Å². The average molecular weight is 196 g/mol. The normalized spacial score (nSPS) is 20.2. The lowest BCUT2D eigenvalue weighted by atomic mass is 9.97. The summed E-state index contributed by atoms with van der Waals surface area (Å²) in [7, 11) is 0. The van der Waals surface area contributed by atoms with Crippen LogP contribution in [0.5, 0.6) is 0 Å². The summed E-state index contributed by atoms with van der Waals surface area (Å²) in [5.74, 6) is -0.713. The van der Waals surface area contributed by atoms with Crippen molar-refractivity contribution in [1.82, 2.24) is 5.32 Å². The molecule has 0 aliphatic carbocycles. The summed E-state index contributed by atoms with van der Waals surface area (Å²) in [4.78, 5) is 9.75. The lowest BCUT2D eigenvalue weighted by Gasteiger charge is -2.27. The van der Waals surface area contributed by atoms with Gasteiger partial charge >= 0.3 is 5.69 Å². The summed E-state index contributed by atoms with van der Waals surface area (Å²) in [6.07, 6.45) is 0.831. The molecule has 0 unspecified atom stereocenters. The van der Waals surface area contributed by atoms with E-state index in [0.717, 1.165) is 13.0 Å². The quantitative estimate of drug-likeness (QED) is 0.579. The Hall–Kier alpha value is -1.49. The van der Waals surface area contributed by atoms with Gasteiger partial charge < -0.3 is 5.32 Å². The minimum Gasteiger partial charge on any atom is -0.310 e. The number of halogens is 1. The van der Waals surface area contributed by atoms with Crippen molar-refractivity contribution in [3.63, 3.8) is 0 Å². The maximum Gasteiger partial charge on any atom is 0.305 e. The second kappa shape index (κ2) is 3.34. The fourth-order valence-electron chi connectivity index (χ4n) is 1.50. The van der Waals surface area contributed by atoms with Crippen LogP contribution in [0.1, 0.15) is 18.0 Å². The Morgan fingerprint density at radius 2 is 2.29 bits per heavy atom. The van der Waals surface area contributed by atoms with E-state index in [2.05, 4.69) is 5.32 Å². The number of benzene rings is 1. The molecule has 0 spiro atoms. The number of hydrogen-bond donors (Lipinski definition) is 1. The molecule has 0 aromatic heterocycles. The third kappa shape index (κ3) is 1.35. The Morgan fingerprint density at radius 3 is 2.79 bits per heavy atom. The largest absolute Gasteiger partial charge is 0.310 e. The second-order valence-electron chi connectivity index (χ2n) is 3.23. The molecule has 1 fully saturated rings. The van der Waals surface area contributed by atoms with Crippen LogP contribution in [0.25, 0.3) is 0 Å².